The molecule has 162 valence electrons. The second-order valence-electron chi connectivity index (χ2n) is 8.43. The van der Waals surface area contributed by atoms with Crippen LogP contribution in [0, 0.1) is 17.8 Å². The molecule has 7 heteroatoms. The predicted octanol–water partition coefficient (Wildman–Crippen LogP) is 2.71. The fourth-order valence-electron chi connectivity index (χ4n) is 4.04. The zero-order valence-corrected chi connectivity index (χ0v) is 17.9. The fourth-order valence-corrected chi connectivity index (χ4v) is 4.04. The third kappa shape index (κ3) is 5.27. The van der Waals surface area contributed by atoms with Gasteiger partial charge in [-0.3, -0.25) is 14.4 Å². The van der Waals surface area contributed by atoms with Crippen LogP contribution >= 0.6 is 0 Å². The maximum absolute atomic E-state index is 12.9. The first kappa shape index (κ1) is 22.0. The fraction of sp³-hybridized carbons (Fsp3) is 0.522. The second-order valence-corrected chi connectivity index (χ2v) is 8.43. The third-order valence-corrected chi connectivity index (χ3v) is 5.64. The molecule has 1 aromatic heterocycles. The van der Waals surface area contributed by atoms with Crippen molar-refractivity contribution in [3.05, 3.63) is 30.0 Å². The summed E-state index contributed by atoms with van der Waals surface area (Å²) in [4.78, 5) is 40.6. The van der Waals surface area contributed by atoms with Crippen molar-refractivity contribution in [3.63, 3.8) is 0 Å². The number of hydrogen-bond acceptors (Lipinski definition) is 5. The number of aromatic nitrogens is 1. The standard InChI is InChI=1S/C23H31N3O4/c1-14(2)9-16(21(28)13-24-12-15-7-8-25-23(15)29)10-20(27)19-11-17-18(26-19)5-4-6-22(17)30-3/h4-6,11,14-16,24,26H,7-10,12-13H2,1-3H3,(H,25,29)/t15-,16+/m0/s1. The van der Waals surface area contributed by atoms with Crippen LogP contribution in [0.4, 0.5) is 0 Å². The number of ketones is 2. The van der Waals surface area contributed by atoms with Gasteiger partial charge in [0.25, 0.3) is 0 Å². The monoisotopic (exact) mass is 413 g/mol. The summed E-state index contributed by atoms with van der Waals surface area (Å²) in [5.41, 5.74) is 1.33. The number of methoxy groups -OCH3 is 1. The number of ether oxygens (including phenoxy) is 1. The lowest BCUT2D eigenvalue weighted by atomic mass is 9.88. The number of H-pyrrole nitrogens is 1. The highest BCUT2D eigenvalue weighted by Crippen LogP contribution is 2.27. The maximum Gasteiger partial charge on any atom is 0.224 e. The Morgan fingerprint density at radius 3 is 2.77 bits per heavy atom. The highest BCUT2D eigenvalue weighted by molar-refractivity contribution is 6.02. The van der Waals surface area contributed by atoms with Gasteiger partial charge in [-0.2, -0.15) is 0 Å². The summed E-state index contributed by atoms with van der Waals surface area (Å²) in [7, 11) is 1.60. The molecular formula is C23H31N3O4. The van der Waals surface area contributed by atoms with Gasteiger partial charge >= 0.3 is 0 Å². The number of hydrogen-bond donors (Lipinski definition) is 3. The second kappa shape index (κ2) is 9.89. The summed E-state index contributed by atoms with van der Waals surface area (Å²) in [5, 5.41) is 6.77. The van der Waals surface area contributed by atoms with Crippen LogP contribution in [0.2, 0.25) is 0 Å². The molecule has 7 nitrogen and oxygen atoms in total. The molecule has 1 aliphatic rings. The Labute approximate surface area is 176 Å². The molecule has 0 spiro atoms. The molecule has 2 aromatic rings. The van der Waals surface area contributed by atoms with Crippen molar-refractivity contribution < 1.29 is 19.1 Å². The predicted molar refractivity (Wildman–Crippen MR) is 116 cm³/mol. The molecule has 0 aliphatic carbocycles. The van der Waals surface area contributed by atoms with E-state index in [1.165, 1.54) is 0 Å². The Kier molecular flexibility index (Phi) is 7.26. The van der Waals surface area contributed by atoms with Gasteiger partial charge in [-0.05, 0) is 37.0 Å². The Balaban J connectivity index is 1.64. The van der Waals surface area contributed by atoms with E-state index in [1.54, 1.807) is 13.2 Å². The van der Waals surface area contributed by atoms with E-state index >= 15 is 0 Å². The Hall–Kier alpha value is -2.67. The molecule has 3 rings (SSSR count). The number of Topliss-reactive ketones (excluding diaryl/α,β-unsaturated/α-hetero) is 2. The molecule has 1 saturated heterocycles. The van der Waals surface area contributed by atoms with E-state index < -0.39 is 0 Å². The topological polar surface area (TPSA) is 100 Å². The number of carbonyl (C=O) groups is 3. The van der Waals surface area contributed by atoms with Gasteiger partial charge in [0.05, 0.1) is 25.3 Å². The van der Waals surface area contributed by atoms with Gasteiger partial charge < -0.3 is 20.4 Å². The third-order valence-electron chi connectivity index (χ3n) is 5.64. The van der Waals surface area contributed by atoms with Crippen molar-refractivity contribution in [2.24, 2.45) is 17.8 Å². The highest BCUT2D eigenvalue weighted by atomic mass is 16.5. The van der Waals surface area contributed by atoms with E-state index in [1.807, 2.05) is 18.2 Å². The molecule has 1 aliphatic heterocycles. The number of aromatic amines is 1. The number of rotatable bonds is 11. The molecule has 2 heterocycles. The van der Waals surface area contributed by atoms with Gasteiger partial charge in [0.1, 0.15) is 11.5 Å². The molecule has 2 atom stereocenters. The summed E-state index contributed by atoms with van der Waals surface area (Å²) in [6.45, 7) is 5.46. The normalized spacial score (nSPS) is 17.3. The van der Waals surface area contributed by atoms with Crippen LogP contribution in [0.5, 0.6) is 5.75 Å². The summed E-state index contributed by atoms with van der Waals surface area (Å²) in [5.74, 6) is 0.553. The van der Waals surface area contributed by atoms with Crippen LogP contribution in [0.3, 0.4) is 0 Å². The smallest absolute Gasteiger partial charge is 0.224 e. The summed E-state index contributed by atoms with van der Waals surface area (Å²) in [6.07, 6.45) is 1.61. The van der Waals surface area contributed by atoms with Crippen LogP contribution in [-0.2, 0) is 9.59 Å². The summed E-state index contributed by atoms with van der Waals surface area (Å²) >= 11 is 0. The zero-order valence-electron chi connectivity index (χ0n) is 17.9. The van der Waals surface area contributed by atoms with E-state index in [0.29, 0.717) is 36.9 Å². The Morgan fingerprint density at radius 1 is 1.30 bits per heavy atom. The van der Waals surface area contributed by atoms with Gasteiger partial charge in [-0.25, -0.2) is 0 Å². The van der Waals surface area contributed by atoms with Crippen LogP contribution in [-0.4, -0.2) is 49.2 Å². The van der Waals surface area contributed by atoms with Crippen LogP contribution in [0.1, 0.15) is 43.6 Å². The number of benzene rings is 1. The average Bonchev–Trinajstić information content (AvgIpc) is 3.33. The molecule has 1 fully saturated rings. The first-order chi connectivity index (χ1) is 14.4. The minimum atomic E-state index is -0.351. The molecule has 1 amide bonds. The molecule has 0 bridgehead atoms. The van der Waals surface area contributed by atoms with Crippen LogP contribution in [0.25, 0.3) is 10.9 Å². The molecule has 0 saturated carbocycles. The SMILES string of the molecule is COc1cccc2[nH]c(C(=O)C[C@@H](CC(C)C)C(=O)CNC[C@@H]3CCNC3=O)cc12. The van der Waals surface area contributed by atoms with Crippen LogP contribution < -0.4 is 15.4 Å². The molecule has 3 N–H and O–H groups in total. The largest absolute Gasteiger partial charge is 0.496 e. The summed E-state index contributed by atoms with van der Waals surface area (Å²) < 4.78 is 5.36. The lowest BCUT2D eigenvalue weighted by Gasteiger charge is -2.18. The van der Waals surface area contributed by atoms with E-state index in [0.717, 1.165) is 17.3 Å². The van der Waals surface area contributed by atoms with E-state index in [9.17, 15) is 14.4 Å². The molecule has 1 aromatic carbocycles. The van der Waals surface area contributed by atoms with Crippen molar-refractivity contribution >= 4 is 28.4 Å². The van der Waals surface area contributed by atoms with Crippen molar-refractivity contribution in [2.45, 2.75) is 33.1 Å². The van der Waals surface area contributed by atoms with Crippen molar-refractivity contribution in [1.29, 1.82) is 0 Å². The van der Waals surface area contributed by atoms with Crippen LogP contribution in [0.15, 0.2) is 24.3 Å². The molecule has 0 unspecified atom stereocenters. The quantitative estimate of drug-likeness (QED) is 0.492. The van der Waals surface area contributed by atoms with Gasteiger partial charge in [0.15, 0.2) is 5.78 Å². The van der Waals surface area contributed by atoms with E-state index in [2.05, 4.69) is 29.5 Å². The average molecular weight is 414 g/mol. The zero-order chi connectivity index (χ0) is 21.7. The summed E-state index contributed by atoms with van der Waals surface area (Å²) in [6, 6.07) is 7.41. The van der Waals surface area contributed by atoms with Crippen molar-refractivity contribution in [3.8, 4) is 5.75 Å². The minimum absolute atomic E-state index is 0.0177. The Bertz CT molecular complexity index is 918. The highest BCUT2D eigenvalue weighted by Gasteiger charge is 2.26. The maximum atomic E-state index is 12.9. The first-order valence-corrected chi connectivity index (χ1v) is 10.6. The molecule has 30 heavy (non-hydrogen) atoms. The van der Waals surface area contributed by atoms with E-state index in [-0.39, 0.29) is 42.3 Å². The Morgan fingerprint density at radius 2 is 2.10 bits per heavy atom. The number of nitrogens with one attached hydrogen (secondary N) is 3. The van der Waals surface area contributed by atoms with Gasteiger partial charge in [-0.15, -0.1) is 0 Å². The number of amides is 1. The molecule has 0 radical (unpaired) electrons. The lowest BCUT2D eigenvalue weighted by molar-refractivity contribution is -0.124. The van der Waals surface area contributed by atoms with Gasteiger partial charge in [-0.1, -0.05) is 19.9 Å². The minimum Gasteiger partial charge on any atom is -0.496 e. The van der Waals surface area contributed by atoms with Crippen molar-refractivity contribution in [1.82, 2.24) is 15.6 Å². The first-order valence-electron chi connectivity index (χ1n) is 10.6. The molecular weight excluding hydrogens is 382 g/mol. The van der Waals surface area contributed by atoms with Crippen molar-refractivity contribution in [2.75, 3.05) is 26.7 Å². The number of carbonyl (C=O) groups excluding carboxylic acids is 3. The van der Waals surface area contributed by atoms with Gasteiger partial charge in [0, 0.05) is 36.3 Å². The lowest BCUT2D eigenvalue weighted by Crippen LogP contribution is -2.35. The van der Waals surface area contributed by atoms with E-state index in [4.69, 9.17) is 4.74 Å². The number of fused-ring (bicyclic) bond motifs is 1. The van der Waals surface area contributed by atoms with Gasteiger partial charge in [0.2, 0.25) is 5.91 Å².